The van der Waals surface area contributed by atoms with Crippen LogP contribution in [-0.2, 0) is 0 Å². The maximum atomic E-state index is 12.7. The maximum Gasteiger partial charge on any atom is 0.167 e. The number of anilines is 1. The Labute approximate surface area is 126 Å². The smallest absolute Gasteiger partial charge is 0.167 e. The fourth-order valence-corrected chi connectivity index (χ4v) is 3.24. The van der Waals surface area contributed by atoms with E-state index in [1.807, 2.05) is 18.2 Å². The Kier molecular flexibility index (Phi) is 4.44. The van der Waals surface area contributed by atoms with Gasteiger partial charge in [0, 0.05) is 24.6 Å². The van der Waals surface area contributed by atoms with Crippen molar-refractivity contribution in [3.05, 3.63) is 23.8 Å². The zero-order valence-corrected chi connectivity index (χ0v) is 12.7. The van der Waals surface area contributed by atoms with Gasteiger partial charge in [0.25, 0.3) is 0 Å². The molecule has 0 amide bonds. The number of carbonyl (C=O) groups is 1. The lowest BCUT2D eigenvalue weighted by Gasteiger charge is -2.31. The predicted octanol–water partition coefficient (Wildman–Crippen LogP) is 2.48. The van der Waals surface area contributed by atoms with Crippen LogP contribution in [0.15, 0.2) is 18.2 Å². The number of fused-ring (bicyclic) bond motifs is 1. The zero-order chi connectivity index (χ0) is 14.7. The molecule has 0 bridgehead atoms. The molecule has 1 saturated heterocycles. The van der Waals surface area contributed by atoms with E-state index >= 15 is 0 Å². The first kappa shape index (κ1) is 14.4. The van der Waals surface area contributed by atoms with E-state index in [1.165, 1.54) is 0 Å². The van der Waals surface area contributed by atoms with Crippen molar-refractivity contribution in [2.45, 2.75) is 26.2 Å². The molecule has 1 fully saturated rings. The van der Waals surface area contributed by atoms with Gasteiger partial charge in [0.2, 0.25) is 0 Å². The Morgan fingerprint density at radius 1 is 1.48 bits per heavy atom. The van der Waals surface area contributed by atoms with Crippen LogP contribution in [0, 0.1) is 5.92 Å². The van der Waals surface area contributed by atoms with E-state index in [4.69, 9.17) is 4.74 Å². The molecule has 0 aliphatic carbocycles. The second kappa shape index (κ2) is 6.48. The molecule has 0 saturated carbocycles. The molecule has 1 N–H and O–H groups in total. The molecular formula is C17H24N2O2. The highest BCUT2D eigenvalue weighted by atomic mass is 16.5. The standard InChI is InChI=1S/C17H24N2O2/c1-2-8-19-9-10-21-16-6-5-13(11-15(16)19)17(20)14-4-3-7-18-12-14/h5-6,11,14,18H,2-4,7-10,12H2,1H3. The van der Waals surface area contributed by atoms with E-state index in [0.717, 1.165) is 69.0 Å². The molecule has 1 unspecified atom stereocenters. The number of nitrogens with zero attached hydrogens (tertiary/aromatic N) is 1. The van der Waals surface area contributed by atoms with Gasteiger partial charge in [0.1, 0.15) is 12.4 Å². The van der Waals surface area contributed by atoms with Gasteiger partial charge in [-0.05, 0) is 44.0 Å². The summed E-state index contributed by atoms with van der Waals surface area (Å²) in [5.41, 5.74) is 1.91. The lowest BCUT2D eigenvalue weighted by atomic mass is 9.90. The number of rotatable bonds is 4. The van der Waals surface area contributed by atoms with E-state index in [1.54, 1.807) is 0 Å². The van der Waals surface area contributed by atoms with Gasteiger partial charge >= 0.3 is 0 Å². The molecule has 1 atom stereocenters. The number of ether oxygens (including phenoxy) is 1. The van der Waals surface area contributed by atoms with Gasteiger partial charge < -0.3 is 15.0 Å². The molecule has 0 aromatic heterocycles. The first-order valence-corrected chi connectivity index (χ1v) is 8.06. The Morgan fingerprint density at radius 3 is 3.14 bits per heavy atom. The van der Waals surface area contributed by atoms with Crippen molar-refractivity contribution in [2.75, 3.05) is 37.7 Å². The first-order chi connectivity index (χ1) is 10.3. The van der Waals surface area contributed by atoms with E-state index < -0.39 is 0 Å². The Hall–Kier alpha value is -1.55. The van der Waals surface area contributed by atoms with Gasteiger partial charge in [0.15, 0.2) is 5.78 Å². The largest absolute Gasteiger partial charge is 0.490 e. The molecule has 2 aliphatic heterocycles. The number of piperidine rings is 1. The normalized spacial score (nSPS) is 21.6. The lowest BCUT2D eigenvalue weighted by Crippen LogP contribution is -2.35. The molecule has 3 rings (SSSR count). The average Bonchev–Trinajstić information content (AvgIpc) is 2.55. The number of hydrogen-bond acceptors (Lipinski definition) is 4. The van der Waals surface area contributed by atoms with Crippen LogP contribution in [0.4, 0.5) is 5.69 Å². The topological polar surface area (TPSA) is 41.6 Å². The number of carbonyl (C=O) groups excluding carboxylic acids is 1. The van der Waals surface area contributed by atoms with Crippen molar-refractivity contribution < 1.29 is 9.53 Å². The molecule has 21 heavy (non-hydrogen) atoms. The highest BCUT2D eigenvalue weighted by Gasteiger charge is 2.24. The third-order valence-corrected chi connectivity index (χ3v) is 4.36. The van der Waals surface area contributed by atoms with Crippen molar-refractivity contribution in [1.82, 2.24) is 5.32 Å². The number of Topliss-reactive ketones (excluding diaryl/α,β-unsaturated/α-hetero) is 1. The molecule has 2 heterocycles. The number of hydrogen-bond donors (Lipinski definition) is 1. The van der Waals surface area contributed by atoms with Crippen LogP contribution >= 0.6 is 0 Å². The Bertz CT molecular complexity index is 510. The van der Waals surface area contributed by atoms with E-state index in [2.05, 4.69) is 17.1 Å². The number of ketones is 1. The summed E-state index contributed by atoms with van der Waals surface area (Å²) in [6, 6.07) is 5.91. The van der Waals surface area contributed by atoms with Crippen LogP contribution in [0.25, 0.3) is 0 Å². The van der Waals surface area contributed by atoms with Crippen molar-refractivity contribution in [1.29, 1.82) is 0 Å². The Balaban J connectivity index is 1.83. The summed E-state index contributed by atoms with van der Waals surface area (Å²) in [5, 5.41) is 3.32. The van der Waals surface area contributed by atoms with Gasteiger partial charge in [-0.3, -0.25) is 4.79 Å². The molecule has 114 valence electrons. The molecule has 2 aliphatic rings. The van der Waals surface area contributed by atoms with E-state index in [9.17, 15) is 4.79 Å². The summed E-state index contributed by atoms with van der Waals surface area (Å²) in [5.74, 6) is 1.31. The van der Waals surface area contributed by atoms with Gasteiger partial charge in [-0.1, -0.05) is 6.92 Å². The highest BCUT2D eigenvalue weighted by molar-refractivity contribution is 5.99. The van der Waals surface area contributed by atoms with Crippen molar-refractivity contribution in [3.8, 4) is 5.75 Å². The number of benzene rings is 1. The third-order valence-electron chi connectivity index (χ3n) is 4.36. The molecule has 0 radical (unpaired) electrons. The fraction of sp³-hybridized carbons (Fsp3) is 0.588. The molecule has 1 aromatic rings. The molecule has 4 heteroatoms. The van der Waals surface area contributed by atoms with E-state index in [-0.39, 0.29) is 11.7 Å². The summed E-state index contributed by atoms with van der Waals surface area (Å²) in [7, 11) is 0. The number of nitrogens with one attached hydrogen (secondary N) is 1. The maximum absolute atomic E-state index is 12.7. The van der Waals surface area contributed by atoms with Gasteiger partial charge in [-0.25, -0.2) is 0 Å². The molecular weight excluding hydrogens is 264 g/mol. The van der Waals surface area contributed by atoms with Crippen LogP contribution < -0.4 is 15.0 Å². The van der Waals surface area contributed by atoms with Crippen LogP contribution in [0.2, 0.25) is 0 Å². The summed E-state index contributed by atoms with van der Waals surface area (Å²) in [6.45, 7) is 6.67. The van der Waals surface area contributed by atoms with E-state index in [0.29, 0.717) is 0 Å². The predicted molar refractivity (Wildman–Crippen MR) is 84.4 cm³/mol. The van der Waals surface area contributed by atoms with Crippen LogP contribution in [0.1, 0.15) is 36.5 Å². The van der Waals surface area contributed by atoms with Crippen LogP contribution in [-0.4, -0.2) is 38.6 Å². The molecule has 0 spiro atoms. The zero-order valence-electron chi connectivity index (χ0n) is 12.7. The monoisotopic (exact) mass is 288 g/mol. The van der Waals surface area contributed by atoms with Gasteiger partial charge in [-0.15, -0.1) is 0 Å². The minimum absolute atomic E-state index is 0.126. The molecule has 4 nitrogen and oxygen atoms in total. The lowest BCUT2D eigenvalue weighted by molar-refractivity contribution is 0.0899. The second-order valence-electron chi connectivity index (χ2n) is 5.93. The van der Waals surface area contributed by atoms with Crippen LogP contribution in [0.5, 0.6) is 5.75 Å². The molecule has 1 aromatic carbocycles. The first-order valence-electron chi connectivity index (χ1n) is 8.06. The quantitative estimate of drug-likeness (QED) is 0.864. The second-order valence-corrected chi connectivity index (χ2v) is 5.93. The third kappa shape index (κ3) is 3.05. The minimum Gasteiger partial charge on any atom is -0.490 e. The average molecular weight is 288 g/mol. The van der Waals surface area contributed by atoms with Crippen LogP contribution in [0.3, 0.4) is 0 Å². The fourth-order valence-electron chi connectivity index (χ4n) is 3.24. The highest BCUT2D eigenvalue weighted by Crippen LogP contribution is 2.33. The summed E-state index contributed by atoms with van der Waals surface area (Å²) in [6.07, 6.45) is 3.19. The summed E-state index contributed by atoms with van der Waals surface area (Å²) >= 11 is 0. The van der Waals surface area contributed by atoms with Gasteiger partial charge in [0.05, 0.1) is 12.2 Å². The minimum atomic E-state index is 0.126. The summed E-state index contributed by atoms with van der Waals surface area (Å²) in [4.78, 5) is 15.0. The van der Waals surface area contributed by atoms with Crippen molar-refractivity contribution in [3.63, 3.8) is 0 Å². The van der Waals surface area contributed by atoms with Crippen molar-refractivity contribution >= 4 is 11.5 Å². The van der Waals surface area contributed by atoms with Crippen molar-refractivity contribution in [2.24, 2.45) is 5.92 Å². The Morgan fingerprint density at radius 2 is 2.38 bits per heavy atom. The SMILES string of the molecule is CCCN1CCOc2ccc(C(=O)C3CCCNC3)cc21. The summed E-state index contributed by atoms with van der Waals surface area (Å²) < 4.78 is 5.71. The van der Waals surface area contributed by atoms with Gasteiger partial charge in [-0.2, -0.15) is 0 Å².